The van der Waals surface area contributed by atoms with E-state index < -0.39 is 23.4 Å². The lowest BCUT2D eigenvalue weighted by Crippen LogP contribution is -2.34. The van der Waals surface area contributed by atoms with Crippen molar-refractivity contribution in [3.8, 4) is 11.5 Å². The molecule has 1 spiro atoms. The topological polar surface area (TPSA) is 47.6 Å². The first-order valence-corrected chi connectivity index (χ1v) is 8.35. The highest BCUT2D eigenvalue weighted by atomic mass is 19.4. The smallest absolute Gasteiger partial charge is 0.416 e. The third-order valence-electron chi connectivity index (χ3n) is 4.61. The zero-order valence-electron chi connectivity index (χ0n) is 13.7. The van der Waals surface area contributed by atoms with Crippen LogP contribution < -0.4 is 14.8 Å². The maximum Gasteiger partial charge on any atom is 0.416 e. The van der Waals surface area contributed by atoms with Crippen molar-refractivity contribution in [2.24, 2.45) is 0 Å². The van der Waals surface area contributed by atoms with Crippen LogP contribution in [0.4, 0.5) is 18.9 Å². The summed E-state index contributed by atoms with van der Waals surface area (Å²) in [6.45, 7) is 0. The van der Waals surface area contributed by atoms with Crippen molar-refractivity contribution < 1.29 is 27.4 Å². The Morgan fingerprint density at radius 2 is 1.73 bits per heavy atom. The van der Waals surface area contributed by atoms with Crippen LogP contribution in [0.15, 0.2) is 42.5 Å². The number of alkyl halides is 3. The molecule has 0 aromatic heterocycles. The van der Waals surface area contributed by atoms with Crippen LogP contribution >= 0.6 is 0 Å². The van der Waals surface area contributed by atoms with Crippen LogP contribution in [0.2, 0.25) is 0 Å². The van der Waals surface area contributed by atoms with Crippen LogP contribution in [-0.2, 0) is 6.18 Å². The van der Waals surface area contributed by atoms with Crippen LogP contribution in [0.25, 0.3) is 0 Å². The van der Waals surface area contributed by atoms with E-state index in [0.29, 0.717) is 17.2 Å². The Morgan fingerprint density at radius 3 is 2.46 bits per heavy atom. The molecule has 1 aliphatic carbocycles. The normalized spacial score (nSPS) is 17.5. The number of hydrogen-bond acceptors (Lipinski definition) is 3. The maximum atomic E-state index is 12.8. The number of nitrogens with one attached hydrogen (secondary N) is 1. The quantitative estimate of drug-likeness (QED) is 0.817. The average Bonchev–Trinajstić information content (AvgIpc) is 3.20. The van der Waals surface area contributed by atoms with Crippen LogP contribution in [0.3, 0.4) is 0 Å². The van der Waals surface area contributed by atoms with Gasteiger partial charge in [0.05, 0.1) is 5.56 Å². The molecule has 2 aromatic carbocycles. The van der Waals surface area contributed by atoms with Crippen LogP contribution in [0, 0.1) is 0 Å². The van der Waals surface area contributed by atoms with Crippen molar-refractivity contribution in [2.75, 3.05) is 5.32 Å². The lowest BCUT2D eigenvalue weighted by atomic mass is 10.1. The van der Waals surface area contributed by atoms with Gasteiger partial charge in [0.2, 0.25) is 0 Å². The number of benzene rings is 2. The van der Waals surface area contributed by atoms with Gasteiger partial charge in [-0.25, -0.2) is 0 Å². The minimum absolute atomic E-state index is 0.0650. The van der Waals surface area contributed by atoms with Crippen molar-refractivity contribution in [1.29, 1.82) is 0 Å². The third kappa shape index (κ3) is 3.09. The molecule has 1 saturated carbocycles. The minimum atomic E-state index is -4.50. The molecule has 7 heteroatoms. The summed E-state index contributed by atoms with van der Waals surface area (Å²) in [5, 5.41) is 2.60. The summed E-state index contributed by atoms with van der Waals surface area (Å²) < 4.78 is 50.2. The van der Waals surface area contributed by atoms with E-state index in [9.17, 15) is 18.0 Å². The molecule has 26 heavy (non-hydrogen) atoms. The van der Waals surface area contributed by atoms with Crippen LogP contribution in [0.1, 0.15) is 41.6 Å². The Hall–Kier alpha value is -2.70. The molecule has 1 fully saturated rings. The number of amides is 1. The second-order valence-electron chi connectivity index (χ2n) is 6.52. The summed E-state index contributed by atoms with van der Waals surface area (Å²) in [6.07, 6.45) is -0.799. The Morgan fingerprint density at radius 1 is 1.00 bits per heavy atom. The van der Waals surface area contributed by atoms with Crippen LogP contribution in [0.5, 0.6) is 11.5 Å². The van der Waals surface area contributed by atoms with Gasteiger partial charge in [-0.3, -0.25) is 4.79 Å². The van der Waals surface area contributed by atoms with Gasteiger partial charge in [-0.2, -0.15) is 13.2 Å². The molecular weight excluding hydrogens is 347 g/mol. The lowest BCUT2D eigenvalue weighted by Gasteiger charge is -2.21. The zero-order chi connectivity index (χ0) is 18.4. The largest absolute Gasteiger partial charge is 0.448 e. The summed E-state index contributed by atoms with van der Waals surface area (Å²) >= 11 is 0. The van der Waals surface area contributed by atoms with E-state index in [1.165, 1.54) is 12.1 Å². The van der Waals surface area contributed by atoms with E-state index in [2.05, 4.69) is 5.32 Å². The standard InChI is InChI=1S/C19H16F3NO3/c20-19(21,22)13-5-3-4-12(10-13)17(24)23-14-6-7-15-16(11-14)26-18(25-15)8-1-2-9-18/h3-7,10-11H,1-2,8-9H2,(H,23,24). The molecule has 0 saturated heterocycles. The predicted octanol–water partition coefficient (Wildman–Crippen LogP) is 5.00. The zero-order valence-corrected chi connectivity index (χ0v) is 13.7. The maximum absolute atomic E-state index is 12.8. The van der Waals surface area contributed by atoms with E-state index in [4.69, 9.17) is 9.47 Å². The first-order valence-electron chi connectivity index (χ1n) is 8.35. The van der Waals surface area contributed by atoms with E-state index in [1.807, 2.05) is 0 Å². The Labute approximate surface area is 147 Å². The molecule has 2 aliphatic rings. The van der Waals surface area contributed by atoms with Gasteiger partial charge < -0.3 is 14.8 Å². The van der Waals surface area contributed by atoms with Crippen molar-refractivity contribution in [1.82, 2.24) is 0 Å². The molecule has 4 nitrogen and oxygen atoms in total. The summed E-state index contributed by atoms with van der Waals surface area (Å²) in [5.74, 6) is -0.0744. The molecular formula is C19H16F3NO3. The van der Waals surface area contributed by atoms with Gasteiger partial charge >= 0.3 is 6.18 Å². The lowest BCUT2D eigenvalue weighted by molar-refractivity contribution is -0.137. The Kier molecular flexibility index (Phi) is 3.82. The fourth-order valence-electron chi connectivity index (χ4n) is 3.33. The fraction of sp³-hybridized carbons (Fsp3) is 0.316. The highest BCUT2D eigenvalue weighted by Crippen LogP contribution is 2.47. The summed E-state index contributed by atoms with van der Waals surface area (Å²) in [5.41, 5.74) is -0.492. The van der Waals surface area contributed by atoms with Gasteiger partial charge in [0.1, 0.15) is 0 Å². The second-order valence-corrected chi connectivity index (χ2v) is 6.52. The number of fused-ring (bicyclic) bond motifs is 1. The number of carbonyl (C=O) groups is 1. The summed E-state index contributed by atoms with van der Waals surface area (Å²) in [4.78, 5) is 12.3. The second kappa shape index (κ2) is 5.93. The molecule has 0 atom stereocenters. The number of ether oxygens (including phenoxy) is 2. The SMILES string of the molecule is O=C(Nc1ccc2c(c1)OC1(CCCC1)O2)c1cccc(C(F)(F)F)c1. The third-order valence-corrected chi connectivity index (χ3v) is 4.61. The summed E-state index contributed by atoms with van der Waals surface area (Å²) in [6, 6.07) is 9.28. The highest BCUT2D eigenvalue weighted by molar-refractivity contribution is 6.04. The molecule has 0 unspecified atom stereocenters. The van der Waals surface area contributed by atoms with Gasteiger partial charge in [-0.1, -0.05) is 6.07 Å². The van der Waals surface area contributed by atoms with Crippen molar-refractivity contribution in [2.45, 2.75) is 37.6 Å². The minimum Gasteiger partial charge on any atom is -0.448 e. The number of anilines is 1. The van der Waals surface area contributed by atoms with Gasteiger partial charge in [-0.15, -0.1) is 0 Å². The predicted molar refractivity (Wildman–Crippen MR) is 88.3 cm³/mol. The van der Waals surface area contributed by atoms with Crippen molar-refractivity contribution >= 4 is 11.6 Å². The van der Waals surface area contributed by atoms with E-state index in [0.717, 1.165) is 37.8 Å². The number of carbonyl (C=O) groups excluding carboxylic acids is 1. The fourth-order valence-corrected chi connectivity index (χ4v) is 3.33. The number of hydrogen-bond donors (Lipinski definition) is 1. The highest BCUT2D eigenvalue weighted by Gasteiger charge is 2.44. The van der Waals surface area contributed by atoms with Gasteiger partial charge in [-0.05, 0) is 43.2 Å². The Balaban J connectivity index is 1.51. The van der Waals surface area contributed by atoms with E-state index in [1.54, 1.807) is 18.2 Å². The van der Waals surface area contributed by atoms with Crippen molar-refractivity contribution in [3.05, 3.63) is 53.6 Å². The molecule has 136 valence electrons. The molecule has 0 bridgehead atoms. The molecule has 4 rings (SSSR count). The monoisotopic (exact) mass is 363 g/mol. The summed E-state index contributed by atoms with van der Waals surface area (Å²) in [7, 11) is 0. The molecule has 1 N–H and O–H groups in total. The van der Waals surface area contributed by atoms with Gasteiger partial charge in [0, 0.05) is 30.2 Å². The first-order chi connectivity index (χ1) is 12.3. The molecule has 1 aliphatic heterocycles. The number of halogens is 3. The Bertz CT molecular complexity index is 857. The number of rotatable bonds is 2. The van der Waals surface area contributed by atoms with E-state index >= 15 is 0 Å². The van der Waals surface area contributed by atoms with Crippen LogP contribution in [-0.4, -0.2) is 11.7 Å². The molecule has 1 amide bonds. The van der Waals surface area contributed by atoms with E-state index in [-0.39, 0.29) is 5.56 Å². The molecule has 2 aromatic rings. The first kappa shape index (κ1) is 16.8. The van der Waals surface area contributed by atoms with Crippen molar-refractivity contribution in [3.63, 3.8) is 0 Å². The molecule has 1 heterocycles. The molecule has 0 radical (unpaired) electrons. The van der Waals surface area contributed by atoms with Gasteiger partial charge in [0.15, 0.2) is 11.5 Å². The average molecular weight is 363 g/mol. The van der Waals surface area contributed by atoms with Gasteiger partial charge in [0.25, 0.3) is 11.7 Å².